The Morgan fingerprint density at radius 3 is 2.74 bits per heavy atom. The summed E-state index contributed by atoms with van der Waals surface area (Å²) in [5, 5.41) is 1.79. The molecule has 2 heterocycles. The summed E-state index contributed by atoms with van der Waals surface area (Å²) in [4.78, 5) is 19.4. The maximum Gasteiger partial charge on any atom is 0.263 e. The molecule has 27 heavy (non-hydrogen) atoms. The summed E-state index contributed by atoms with van der Waals surface area (Å²) in [6.07, 6.45) is 1.35. The number of likely N-dealkylation sites (tertiary alicyclic amines) is 1. The van der Waals surface area contributed by atoms with Crippen molar-refractivity contribution >= 4 is 39.1 Å². The first kappa shape index (κ1) is 18.3. The summed E-state index contributed by atoms with van der Waals surface area (Å²) >= 11 is 7.75. The van der Waals surface area contributed by atoms with Gasteiger partial charge in [0.1, 0.15) is 5.75 Å². The van der Waals surface area contributed by atoms with Crippen LogP contribution < -0.4 is 4.74 Å². The number of benzene rings is 2. The highest BCUT2D eigenvalue weighted by atomic mass is 35.5. The van der Waals surface area contributed by atoms with Crippen LogP contribution in [-0.4, -0.2) is 35.0 Å². The molecular formula is C21H21ClN2O2S. The lowest BCUT2D eigenvalue weighted by Gasteiger charge is -2.32. The van der Waals surface area contributed by atoms with Gasteiger partial charge in [-0.15, -0.1) is 11.3 Å². The molecule has 0 radical (unpaired) electrons. The molecular weight excluding hydrogens is 380 g/mol. The lowest BCUT2D eigenvalue weighted by atomic mass is 9.97. The molecule has 1 saturated heterocycles. The fourth-order valence-electron chi connectivity index (χ4n) is 3.46. The predicted octanol–water partition coefficient (Wildman–Crippen LogP) is 5.12. The highest BCUT2D eigenvalue weighted by molar-refractivity contribution is 7.18. The fraction of sp³-hybridized carbons (Fsp3) is 0.333. The van der Waals surface area contributed by atoms with Gasteiger partial charge in [-0.1, -0.05) is 29.8 Å². The molecule has 0 bridgehead atoms. The Balaban J connectivity index is 1.36. The number of ether oxygens (including phenoxy) is 1. The average molecular weight is 401 g/mol. The van der Waals surface area contributed by atoms with Crippen molar-refractivity contribution in [2.24, 2.45) is 0 Å². The second-order valence-corrected chi connectivity index (χ2v) is 8.34. The van der Waals surface area contributed by atoms with E-state index in [-0.39, 0.29) is 5.91 Å². The minimum Gasteiger partial charge on any atom is -0.481 e. The van der Waals surface area contributed by atoms with Crippen LogP contribution in [0.4, 0.5) is 0 Å². The molecule has 1 atom stereocenters. The van der Waals surface area contributed by atoms with E-state index in [2.05, 4.69) is 12.1 Å². The number of rotatable bonds is 4. The van der Waals surface area contributed by atoms with Gasteiger partial charge in [0.25, 0.3) is 5.91 Å². The number of thiazole rings is 1. The third kappa shape index (κ3) is 4.09. The summed E-state index contributed by atoms with van der Waals surface area (Å²) in [6, 6.07) is 15.4. The Morgan fingerprint density at radius 1 is 1.22 bits per heavy atom. The molecule has 1 amide bonds. The molecule has 1 fully saturated rings. The molecule has 0 spiro atoms. The van der Waals surface area contributed by atoms with Crippen molar-refractivity contribution in [3.63, 3.8) is 0 Å². The number of hydrogen-bond acceptors (Lipinski definition) is 4. The first-order valence-electron chi connectivity index (χ1n) is 9.16. The van der Waals surface area contributed by atoms with Gasteiger partial charge in [0.15, 0.2) is 6.10 Å². The maximum absolute atomic E-state index is 12.7. The number of halogens is 1. The van der Waals surface area contributed by atoms with Crippen molar-refractivity contribution in [2.75, 3.05) is 13.1 Å². The van der Waals surface area contributed by atoms with Crippen molar-refractivity contribution in [1.29, 1.82) is 0 Å². The van der Waals surface area contributed by atoms with Crippen molar-refractivity contribution in [2.45, 2.75) is 31.8 Å². The number of fused-ring (bicyclic) bond motifs is 1. The summed E-state index contributed by atoms with van der Waals surface area (Å²) in [6.45, 7) is 3.27. The molecule has 1 aliphatic heterocycles. The van der Waals surface area contributed by atoms with E-state index < -0.39 is 6.10 Å². The van der Waals surface area contributed by atoms with Crippen LogP contribution in [0.25, 0.3) is 10.2 Å². The molecule has 1 aliphatic rings. The van der Waals surface area contributed by atoms with Gasteiger partial charge >= 0.3 is 0 Å². The number of amides is 1. The summed E-state index contributed by atoms with van der Waals surface area (Å²) in [5.41, 5.74) is 1.07. The van der Waals surface area contributed by atoms with Gasteiger partial charge in [0, 0.05) is 24.0 Å². The van der Waals surface area contributed by atoms with Crippen molar-refractivity contribution in [3.8, 4) is 5.75 Å². The van der Waals surface area contributed by atoms with E-state index >= 15 is 0 Å². The number of carbonyl (C=O) groups excluding carboxylic acids is 1. The largest absolute Gasteiger partial charge is 0.481 e. The van der Waals surface area contributed by atoms with Crippen LogP contribution in [0.15, 0.2) is 48.5 Å². The van der Waals surface area contributed by atoms with Gasteiger partial charge < -0.3 is 9.64 Å². The van der Waals surface area contributed by atoms with Crippen molar-refractivity contribution in [3.05, 3.63) is 58.6 Å². The Hall–Kier alpha value is -2.11. The van der Waals surface area contributed by atoms with Crippen LogP contribution in [-0.2, 0) is 4.79 Å². The van der Waals surface area contributed by atoms with Crippen LogP contribution in [0, 0.1) is 0 Å². The first-order chi connectivity index (χ1) is 13.1. The second kappa shape index (κ2) is 7.87. The van der Waals surface area contributed by atoms with Crippen LogP contribution >= 0.6 is 22.9 Å². The Kier molecular flexibility index (Phi) is 5.32. The molecule has 0 N–H and O–H groups in total. The molecule has 4 rings (SSSR count). The van der Waals surface area contributed by atoms with Crippen LogP contribution in [0.1, 0.15) is 30.7 Å². The fourth-order valence-corrected chi connectivity index (χ4v) is 4.78. The zero-order valence-corrected chi connectivity index (χ0v) is 16.7. The van der Waals surface area contributed by atoms with E-state index in [1.807, 2.05) is 29.2 Å². The molecule has 2 aromatic carbocycles. The number of piperidine rings is 1. The number of hydrogen-bond donors (Lipinski definition) is 0. The molecule has 0 aliphatic carbocycles. The molecule has 0 saturated carbocycles. The van der Waals surface area contributed by atoms with E-state index in [1.54, 1.807) is 30.4 Å². The zero-order valence-electron chi connectivity index (χ0n) is 15.1. The van der Waals surface area contributed by atoms with Crippen LogP contribution in [0.2, 0.25) is 5.02 Å². The normalized spacial score (nSPS) is 16.4. The summed E-state index contributed by atoms with van der Waals surface area (Å²) < 4.78 is 7.01. The minimum absolute atomic E-state index is 0.0257. The van der Waals surface area contributed by atoms with Gasteiger partial charge in [-0.2, -0.15) is 0 Å². The molecule has 0 unspecified atom stereocenters. The lowest BCUT2D eigenvalue weighted by Crippen LogP contribution is -2.44. The number of carbonyl (C=O) groups is 1. The summed E-state index contributed by atoms with van der Waals surface area (Å²) in [5.74, 6) is 1.07. The quantitative estimate of drug-likeness (QED) is 0.610. The molecule has 6 heteroatoms. The monoisotopic (exact) mass is 400 g/mol. The van der Waals surface area contributed by atoms with E-state index in [0.717, 1.165) is 31.4 Å². The van der Waals surface area contributed by atoms with E-state index in [9.17, 15) is 4.79 Å². The second-order valence-electron chi connectivity index (χ2n) is 6.84. The number of nitrogens with zero attached hydrogens (tertiary/aromatic N) is 2. The summed E-state index contributed by atoms with van der Waals surface area (Å²) in [7, 11) is 0. The Labute approximate surface area is 167 Å². The van der Waals surface area contributed by atoms with Crippen LogP contribution in [0.5, 0.6) is 5.75 Å². The third-order valence-corrected chi connectivity index (χ3v) is 6.36. The number of para-hydroxylation sites is 1. The van der Waals surface area contributed by atoms with E-state index in [1.165, 1.54) is 9.71 Å². The zero-order chi connectivity index (χ0) is 18.8. The van der Waals surface area contributed by atoms with Crippen molar-refractivity contribution < 1.29 is 9.53 Å². The highest BCUT2D eigenvalue weighted by Crippen LogP contribution is 2.34. The van der Waals surface area contributed by atoms with Gasteiger partial charge in [0.05, 0.1) is 15.2 Å². The van der Waals surface area contributed by atoms with Crippen LogP contribution in [0.3, 0.4) is 0 Å². The molecule has 140 valence electrons. The standard InChI is InChI=1S/C21H21ClN2O2S/c1-14(26-17-6-4-5-16(22)13-17)21(25)24-11-9-15(10-12-24)20-23-18-7-2-3-8-19(18)27-20/h2-8,13-15H,9-12H2,1H3/t14-/m1/s1. The SMILES string of the molecule is C[C@@H](Oc1cccc(Cl)c1)C(=O)N1CCC(c2nc3ccccc3s2)CC1. The van der Waals surface area contributed by atoms with E-state index in [0.29, 0.717) is 16.7 Å². The molecule has 1 aromatic heterocycles. The topological polar surface area (TPSA) is 42.4 Å². The van der Waals surface area contributed by atoms with Crippen molar-refractivity contribution in [1.82, 2.24) is 9.88 Å². The smallest absolute Gasteiger partial charge is 0.263 e. The maximum atomic E-state index is 12.7. The van der Waals surface area contributed by atoms with Gasteiger partial charge in [-0.3, -0.25) is 4.79 Å². The highest BCUT2D eigenvalue weighted by Gasteiger charge is 2.29. The average Bonchev–Trinajstić information content (AvgIpc) is 3.12. The Morgan fingerprint density at radius 2 is 2.00 bits per heavy atom. The van der Waals surface area contributed by atoms with Gasteiger partial charge in [-0.05, 0) is 50.1 Å². The first-order valence-corrected chi connectivity index (χ1v) is 10.4. The van der Waals surface area contributed by atoms with Gasteiger partial charge in [-0.25, -0.2) is 4.98 Å². The number of aromatic nitrogens is 1. The molecule has 4 nitrogen and oxygen atoms in total. The lowest BCUT2D eigenvalue weighted by molar-refractivity contribution is -0.139. The predicted molar refractivity (Wildman–Crippen MR) is 110 cm³/mol. The van der Waals surface area contributed by atoms with Gasteiger partial charge in [0.2, 0.25) is 0 Å². The Bertz CT molecular complexity index is 917. The molecule has 3 aromatic rings. The minimum atomic E-state index is -0.525. The third-order valence-electron chi connectivity index (χ3n) is 4.92. The van der Waals surface area contributed by atoms with E-state index in [4.69, 9.17) is 21.3 Å².